The molecule has 0 radical (unpaired) electrons. The average molecular weight is 221 g/mol. The standard InChI is InChI=1S/C13H23N3/c1-4-16(12(2)8-10-14-3)11-13-7-5-6-9-15-13/h5-7,9,12,14H,4,8,10-11H2,1-3H3. The minimum absolute atomic E-state index is 0.597. The summed E-state index contributed by atoms with van der Waals surface area (Å²) in [6, 6.07) is 6.70. The highest BCUT2D eigenvalue weighted by Gasteiger charge is 2.11. The first kappa shape index (κ1) is 13.1. The molecule has 0 aromatic carbocycles. The molecular weight excluding hydrogens is 198 g/mol. The molecule has 3 nitrogen and oxygen atoms in total. The number of nitrogens with zero attached hydrogens (tertiary/aromatic N) is 2. The molecule has 0 saturated heterocycles. The Morgan fingerprint density at radius 2 is 2.25 bits per heavy atom. The van der Waals surface area contributed by atoms with Gasteiger partial charge in [0.25, 0.3) is 0 Å². The molecule has 1 aromatic heterocycles. The number of rotatable bonds is 7. The van der Waals surface area contributed by atoms with E-state index in [0.717, 1.165) is 25.3 Å². The maximum absolute atomic E-state index is 4.37. The van der Waals surface area contributed by atoms with E-state index in [-0.39, 0.29) is 0 Å². The highest BCUT2D eigenvalue weighted by Crippen LogP contribution is 2.08. The average Bonchev–Trinajstić information content (AvgIpc) is 2.34. The Morgan fingerprint density at radius 3 is 2.81 bits per heavy atom. The SMILES string of the molecule is CCN(Cc1ccccn1)C(C)CCNC. The van der Waals surface area contributed by atoms with Gasteiger partial charge in [-0.3, -0.25) is 9.88 Å². The molecule has 0 saturated carbocycles. The molecule has 90 valence electrons. The Balaban J connectivity index is 2.48. The minimum Gasteiger partial charge on any atom is -0.320 e. The van der Waals surface area contributed by atoms with Gasteiger partial charge in [-0.2, -0.15) is 0 Å². The normalized spacial score (nSPS) is 13.0. The van der Waals surface area contributed by atoms with Crippen molar-refractivity contribution in [3.05, 3.63) is 30.1 Å². The van der Waals surface area contributed by atoms with E-state index in [2.05, 4.69) is 41.2 Å². The fourth-order valence-electron chi connectivity index (χ4n) is 1.81. The second-order valence-corrected chi connectivity index (χ2v) is 4.13. The molecule has 0 amide bonds. The van der Waals surface area contributed by atoms with Crippen LogP contribution in [0.4, 0.5) is 0 Å². The predicted octanol–water partition coefficient (Wildman–Crippen LogP) is 1.90. The van der Waals surface area contributed by atoms with E-state index >= 15 is 0 Å². The maximum Gasteiger partial charge on any atom is 0.0544 e. The van der Waals surface area contributed by atoms with Crippen LogP contribution in [0.5, 0.6) is 0 Å². The molecule has 1 aromatic rings. The van der Waals surface area contributed by atoms with E-state index in [9.17, 15) is 0 Å². The monoisotopic (exact) mass is 221 g/mol. The summed E-state index contributed by atoms with van der Waals surface area (Å²) in [5.41, 5.74) is 1.15. The van der Waals surface area contributed by atoms with Crippen molar-refractivity contribution in [1.29, 1.82) is 0 Å². The summed E-state index contributed by atoms with van der Waals surface area (Å²) in [7, 11) is 2.00. The third kappa shape index (κ3) is 4.29. The van der Waals surface area contributed by atoms with Crippen LogP contribution >= 0.6 is 0 Å². The zero-order valence-electron chi connectivity index (χ0n) is 10.6. The van der Waals surface area contributed by atoms with Crippen molar-refractivity contribution in [2.24, 2.45) is 0 Å². The zero-order chi connectivity index (χ0) is 11.8. The smallest absolute Gasteiger partial charge is 0.0544 e. The van der Waals surface area contributed by atoms with Crippen LogP contribution in [0, 0.1) is 0 Å². The second-order valence-electron chi connectivity index (χ2n) is 4.13. The molecule has 1 heterocycles. The summed E-state index contributed by atoms with van der Waals surface area (Å²) in [5, 5.41) is 3.20. The largest absolute Gasteiger partial charge is 0.320 e. The second kappa shape index (κ2) is 7.36. The van der Waals surface area contributed by atoms with Crippen LogP contribution in [-0.4, -0.2) is 36.1 Å². The Hall–Kier alpha value is -0.930. The summed E-state index contributed by atoms with van der Waals surface area (Å²) in [6.45, 7) is 7.58. The van der Waals surface area contributed by atoms with Gasteiger partial charge in [0.05, 0.1) is 5.69 Å². The minimum atomic E-state index is 0.597. The van der Waals surface area contributed by atoms with E-state index in [1.165, 1.54) is 6.42 Å². The lowest BCUT2D eigenvalue weighted by atomic mass is 10.2. The fourth-order valence-corrected chi connectivity index (χ4v) is 1.81. The summed E-state index contributed by atoms with van der Waals surface area (Å²) in [4.78, 5) is 6.83. The molecule has 1 rings (SSSR count). The molecule has 0 aliphatic rings. The number of hydrogen-bond acceptors (Lipinski definition) is 3. The van der Waals surface area contributed by atoms with Gasteiger partial charge in [-0.25, -0.2) is 0 Å². The molecular formula is C13H23N3. The highest BCUT2D eigenvalue weighted by molar-refractivity contribution is 5.03. The van der Waals surface area contributed by atoms with Gasteiger partial charge in [0.1, 0.15) is 0 Å². The molecule has 3 heteroatoms. The lowest BCUT2D eigenvalue weighted by Gasteiger charge is -2.27. The lowest BCUT2D eigenvalue weighted by molar-refractivity contribution is 0.199. The van der Waals surface area contributed by atoms with Crippen molar-refractivity contribution in [3.8, 4) is 0 Å². The first-order valence-electron chi connectivity index (χ1n) is 6.06. The van der Waals surface area contributed by atoms with Gasteiger partial charge in [-0.05, 0) is 45.6 Å². The molecule has 0 spiro atoms. The first-order valence-corrected chi connectivity index (χ1v) is 6.06. The molecule has 0 fully saturated rings. The first-order chi connectivity index (χ1) is 7.77. The Morgan fingerprint density at radius 1 is 1.44 bits per heavy atom. The van der Waals surface area contributed by atoms with Gasteiger partial charge in [0.2, 0.25) is 0 Å². The molecule has 0 aliphatic heterocycles. The van der Waals surface area contributed by atoms with Crippen LogP contribution in [0.1, 0.15) is 26.0 Å². The zero-order valence-corrected chi connectivity index (χ0v) is 10.6. The van der Waals surface area contributed by atoms with Gasteiger partial charge in [-0.1, -0.05) is 13.0 Å². The van der Waals surface area contributed by atoms with Crippen LogP contribution in [0.2, 0.25) is 0 Å². The van der Waals surface area contributed by atoms with Crippen LogP contribution in [0.25, 0.3) is 0 Å². The Kier molecular flexibility index (Phi) is 6.04. The summed E-state index contributed by atoms with van der Waals surface area (Å²) < 4.78 is 0. The Bertz CT molecular complexity index is 274. The van der Waals surface area contributed by atoms with Crippen molar-refractivity contribution < 1.29 is 0 Å². The summed E-state index contributed by atoms with van der Waals surface area (Å²) >= 11 is 0. The van der Waals surface area contributed by atoms with E-state index in [4.69, 9.17) is 0 Å². The van der Waals surface area contributed by atoms with Crippen molar-refractivity contribution >= 4 is 0 Å². The molecule has 0 bridgehead atoms. The van der Waals surface area contributed by atoms with Gasteiger partial charge < -0.3 is 5.32 Å². The summed E-state index contributed by atoms with van der Waals surface area (Å²) in [6.07, 6.45) is 3.04. The van der Waals surface area contributed by atoms with Crippen LogP contribution in [-0.2, 0) is 6.54 Å². The van der Waals surface area contributed by atoms with Gasteiger partial charge in [0, 0.05) is 18.8 Å². The number of aromatic nitrogens is 1. The summed E-state index contributed by atoms with van der Waals surface area (Å²) in [5.74, 6) is 0. The third-order valence-corrected chi connectivity index (χ3v) is 2.93. The van der Waals surface area contributed by atoms with Crippen LogP contribution in [0.3, 0.4) is 0 Å². The topological polar surface area (TPSA) is 28.2 Å². The van der Waals surface area contributed by atoms with Gasteiger partial charge >= 0.3 is 0 Å². The maximum atomic E-state index is 4.37. The van der Waals surface area contributed by atoms with E-state index in [1.54, 1.807) is 0 Å². The van der Waals surface area contributed by atoms with Crippen molar-refractivity contribution in [3.63, 3.8) is 0 Å². The fraction of sp³-hybridized carbons (Fsp3) is 0.615. The number of pyridine rings is 1. The molecule has 0 aliphatic carbocycles. The molecule has 1 atom stereocenters. The van der Waals surface area contributed by atoms with Crippen LogP contribution < -0.4 is 5.32 Å². The van der Waals surface area contributed by atoms with E-state index < -0.39 is 0 Å². The van der Waals surface area contributed by atoms with E-state index in [0.29, 0.717) is 6.04 Å². The molecule has 1 N–H and O–H groups in total. The van der Waals surface area contributed by atoms with Crippen molar-refractivity contribution in [2.75, 3.05) is 20.1 Å². The Labute approximate surface area is 98.9 Å². The number of hydrogen-bond donors (Lipinski definition) is 1. The number of nitrogens with one attached hydrogen (secondary N) is 1. The van der Waals surface area contributed by atoms with Gasteiger partial charge in [0.15, 0.2) is 0 Å². The van der Waals surface area contributed by atoms with E-state index in [1.807, 2.05) is 19.3 Å². The van der Waals surface area contributed by atoms with Crippen molar-refractivity contribution in [1.82, 2.24) is 15.2 Å². The van der Waals surface area contributed by atoms with Crippen molar-refractivity contribution in [2.45, 2.75) is 32.9 Å². The van der Waals surface area contributed by atoms with Gasteiger partial charge in [-0.15, -0.1) is 0 Å². The quantitative estimate of drug-likeness (QED) is 0.762. The molecule has 16 heavy (non-hydrogen) atoms. The highest BCUT2D eigenvalue weighted by atomic mass is 15.2. The molecule has 1 unspecified atom stereocenters. The predicted molar refractivity (Wildman–Crippen MR) is 68.3 cm³/mol. The third-order valence-electron chi connectivity index (χ3n) is 2.93. The van der Waals surface area contributed by atoms with Crippen LogP contribution in [0.15, 0.2) is 24.4 Å². The lowest BCUT2D eigenvalue weighted by Crippen LogP contribution is -2.34.